The van der Waals surface area contributed by atoms with Gasteiger partial charge in [-0.1, -0.05) is 0 Å². The second-order valence-electron chi connectivity index (χ2n) is 2.14. The molecule has 0 aromatic carbocycles. The van der Waals surface area contributed by atoms with Crippen molar-refractivity contribution in [3.05, 3.63) is 0 Å². The summed E-state index contributed by atoms with van der Waals surface area (Å²) in [6.45, 7) is 7.04. The van der Waals surface area contributed by atoms with E-state index in [9.17, 15) is 4.79 Å². The molecule has 0 saturated heterocycles. The number of hydrogen-bond acceptors (Lipinski definition) is 3. The van der Waals surface area contributed by atoms with Gasteiger partial charge >= 0.3 is 0 Å². The maximum absolute atomic E-state index is 11.2. The van der Waals surface area contributed by atoms with Gasteiger partial charge in [-0.3, -0.25) is 4.79 Å². The number of carbonyl (C=O) groups excluding carboxylic acids is 1. The molecule has 1 N–H and O–H groups in total. The van der Waals surface area contributed by atoms with E-state index in [1.807, 2.05) is 20.8 Å². The van der Waals surface area contributed by atoms with Crippen LogP contribution in [0, 0.1) is 0 Å². The summed E-state index contributed by atoms with van der Waals surface area (Å²) >= 11 is 0. The summed E-state index contributed by atoms with van der Waals surface area (Å²) < 4.78 is 10.1. The van der Waals surface area contributed by atoms with Crippen molar-refractivity contribution in [3.63, 3.8) is 0 Å². The molecule has 0 heterocycles. The van der Waals surface area contributed by atoms with Crippen molar-refractivity contribution in [2.45, 2.75) is 27.1 Å². The van der Waals surface area contributed by atoms with Gasteiger partial charge < -0.3 is 14.8 Å². The molecule has 0 aliphatic rings. The van der Waals surface area contributed by atoms with E-state index < -0.39 is 6.29 Å². The second-order valence-corrected chi connectivity index (χ2v) is 2.14. The molecule has 12 heavy (non-hydrogen) atoms. The molecule has 0 unspecified atom stereocenters. The first kappa shape index (κ1) is 11.4. The average Bonchev–Trinajstić information content (AvgIpc) is 2.04. The topological polar surface area (TPSA) is 47.6 Å². The predicted octanol–water partition coefficient (Wildman–Crippen LogP) is 0.522. The zero-order chi connectivity index (χ0) is 9.40. The van der Waals surface area contributed by atoms with E-state index in [4.69, 9.17) is 9.47 Å². The lowest BCUT2D eigenvalue weighted by atomic mass is 10.5. The minimum absolute atomic E-state index is 0.207. The van der Waals surface area contributed by atoms with Crippen LogP contribution in [0.1, 0.15) is 20.8 Å². The Morgan fingerprint density at radius 2 is 1.75 bits per heavy atom. The van der Waals surface area contributed by atoms with Crippen molar-refractivity contribution in [1.82, 2.24) is 5.32 Å². The first-order valence-corrected chi connectivity index (χ1v) is 4.27. The molecule has 0 bridgehead atoms. The predicted molar refractivity (Wildman–Crippen MR) is 45.7 cm³/mol. The van der Waals surface area contributed by atoms with Crippen LogP contribution in [0.5, 0.6) is 0 Å². The molecule has 72 valence electrons. The molecule has 0 spiro atoms. The Labute approximate surface area is 73.2 Å². The Hall–Kier alpha value is -0.610. The average molecular weight is 175 g/mol. The van der Waals surface area contributed by atoms with Gasteiger partial charge in [0, 0.05) is 19.8 Å². The SMILES string of the molecule is CCNC(=O)C(OCC)OCC. The zero-order valence-electron chi connectivity index (χ0n) is 7.92. The van der Waals surface area contributed by atoms with E-state index in [-0.39, 0.29) is 5.91 Å². The molecule has 0 saturated carbocycles. The van der Waals surface area contributed by atoms with Gasteiger partial charge in [-0.25, -0.2) is 0 Å². The molecule has 1 amide bonds. The van der Waals surface area contributed by atoms with Crippen LogP contribution in [0.15, 0.2) is 0 Å². The molecule has 4 nitrogen and oxygen atoms in total. The van der Waals surface area contributed by atoms with Crippen molar-refractivity contribution < 1.29 is 14.3 Å². The molecule has 0 aliphatic carbocycles. The van der Waals surface area contributed by atoms with Gasteiger partial charge in [-0.15, -0.1) is 0 Å². The molecule has 0 atom stereocenters. The molecule has 0 aromatic rings. The lowest BCUT2D eigenvalue weighted by Crippen LogP contribution is -2.38. The third-order valence-electron chi connectivity index (χ3n) is 1.20. The maximum atomic E-state index is 11.2. The first-order valence-electron chi connectivity index (χ1n) is 4.27. The van der Waals surface area contributed by atoms with Crippen molar-refractivity contribution >= 4 is 5.91 Å². The minimum atomic E-state index is -0.750. The van der Waals surface area contributed by atoms with Crippen molar-refractivity contribution in [2.24, 2.45) is 0 Å². The lowest BCUT2D eigenvalue weighted by Gasteiger charge is -2.15. The monoisotopic (exact) mass is 175 g/mol. The third-order valence-corrected chi connectivity index (χ3v) is 1.20. The van der Waals surface area contributed by atoms with Gasteiger partial charge in [-0.05, 0) is 20.8 Å². The highest BCUT2D eigenvalue weighted by atomic mass is 16.7. The van der Waals surface area contributed by atoms with Gasteiger partial charge in [0.05, 0.1) is 0 Å². The number of rotatable bonds is 6. The van der Waals surface area contributed by atoms with Crippen LogP contribution in [0.3, 0.4) is 0 Å². The summed E-state index contributed by atoms with van der Waals surface area (Å²) in [7, 11) is 0. The maximum Gasteiger partial charge on any atom is 0.277 e. The quantitative estimate of drug-likeness (QED) is 0.599. The number of hydrogen-bond donors (Lipinski definition) is 1. The fraction of sp³-hybridized carbons (Fsp3) is 0.875. The lowest BCUT2D eigenvalue weighted by molar-refractivity contribution is -0.170. The smallest absolute Gasteiger partial charge is 0.277 e. The molecule has 0 radical (unpaired) electrons. The standard InChI is InChI=1S/C8H17NO3/c1-4-9-7(10)8(11-5-2)12-6-3/h8H,4-6H2,1-3H3,(H,9,10). The number of nitrogens with one attached hydrogen (secondary N) is 1. The normalized spacial score (nSPS) is 10.3. The molecule has 0 aromatic heterocycles. The molecular formula is C8H17NO3. The van der Waals surface area contributed by atoms with E-state index in [1.54, 1.807) is 0 Å². The Morgan fingerprint density at radius 3 is 2.08 bits per heavy atom. The Balaban J connectivity index is 3.81. The summed E-state index contributed by atoms with van der Waals surface area (Å²) in [5.41, 5.74) is 0. The van der Waals surface area contributed by atoms with Crippen LogP contribution in [0.4, 0.5) is 0 Å². The van der Waals surface area contributed by atoms with Gasteiger partial charge in [0.1, 0.15) is 0 Å². The molecule has 4 heteroatoms. The minimum Gasteiger partial charge on any atom is -0.352 e. The third kappa shape index (κ3) is 4.31. The molecule has 0 fully saturated rings. The second kappa shape index (κ2) is 7.06. The van der Waals surface area contributed by atoms with Crippen LogP contribution >= 0.6 is 0 Å². The summed E-state index contributed by atoms with van der Waals surface area (Å²) in [6.07, 6.45) is -0.750. The Kier molecular flexibility index (Phi) is 6.70. The number of carbonyl (C=O) groups is 1. The van der Waals surface area contributed by atoms with Crippen molar-refractivity contribution in [2.75, 3.05) is 19.8 Å². The van der Waals surface area contributed by atoms with Gasteiger partial charge in [0.15, 0.2) is 0 Å². The van der Waals surface area contributed by atoms with Gasteiger partial charge in [0.2, 0.25) is 6.29 Å². The van der Waals surface area contributed by atoms with E-state index in [2.05, 4.69) is 5.32 Å². The van der Waals surface area contributed by atoms with E-state index in [1.165, 1.54) is 0 Å². The van der Waals surface area contributed by atoms with Gasteiger partial charge in [-0.2, -0.15) is 0 Å². The summed E-state index contributed by atoms with van der Waals surface area (Å²) in [6, 6.07) is 0. The Bertz CT molecular complexity index is 121. The number of ether oxygens (including phenoxy) is 2. The summed E-state index contributed by atoms with van der Waals surface area (Å²) in [5, 5.41) is 2.63. The zero-order valence-corrected chi connectivity index (χ0v) is 7.92. The molecule has 0 rings (SSSR count). The fourth-order valence-corrected chi connectivity index (χ4v) is 0.760. The van der Waals surface area contributed by atoms with E-state index >= 15 is 0 Å². The Morgan fingerprint density at radius 1 is 1.25 bits per heavy atom. The van der Waals surface area contributed by atoms with Crippen molar-refractivity contribution in [1.29, 1.82) is 0 Å². The molecule has 0 aliphatic heterocycles. The highest BCUT2D eigenvalue weighted by Gasteiger charge is 2.16. The largest absolute Gasteiger partial charge is 0.352 e. The highest BCUT2D eigenvalue weighted by Crippen LogP contribution is 1.94. The van der Waals surface area contributed by atoms with E-state index in [0.717, 1.165) is 0 Å². The van der Waals surface area contributed by atoms with E-state index in [0.29, 0.717) is 19.8 Å². The first-order chi connectivity index (χ1) is 5.76. The number of likely N-dealkylation sites (N-methyl/N-ethyl adjacent to an activating group) is 1. The van der Waals surface area contributed by atoms with Crippen LogP contribution in [-0.2, 0) is 14.3 Å². The van der Waals surface area contributed by atoms with Gasteiger partial charge in [0.25, 0.3) is 5.91 Å². The van der Waals surface area contributed by atoms with Crippen LogP contribution in [-0.4, -0.2) is 32.0 Å². The summed E-state index contributed by atoms with van der Waals surface area (Å²) in [4.78, 5) is 11.2. The number of amides is 1. The van der Waals surface area contributed by atoms with Crippen LogP contribution in [0.25, 0.3) is 0 Å². The van der Waals surface area contributed by atoms with Crippen LogP contribution < -0.4 is 5.32 Å². The van der Waals surface area contributed by atoms with Crippen molar-refractivity contribution in [3.8, 4) is 0 Å². The highest BCUT2D eigenvalue weighted by molar-refractivity contribution is 5.79. The van der Waals surface area contributed by atoms with Crippen LogP contribution in [0.2, 0.25) is 0 Å². The molecular weight excluding hydrogens is 158 g/mol. The fourth-order valence-electron chi connectivity index (χ4n) is 0.760. The summed E-state index contributed by atoms with van der Waals surface area (Å²) in [5.74, 6) is -0.207.